The van der Waals surface area contributed by atoms with Crippen molar-refractivity contribution in [3.05, 3.63) is 40.8 Å². The van der Waals surface area contributed by atoms with Crippen LogP contribution in [-0.4, -0.2) is 37.6 Å². The van der Waals surface area contributed by atoms with Crippen LogP contribution < -0.4 is 5.32 Å². The molecule has 1 amide bonds. The Balaban J connectivity index is 2.62. The molecule has 1 heterocycles. The van der Waals surface area contributed by atoms with Gasteiger partial charge in [0.1, 0.15) is 10.6 Å². The van der Waals surface area contributed by atoms with Gasteiger partial charge in [-0.2, -0.15) is 17.6 Å². The third kappa shape index (κ3) is 4.43. The van der Waals surface area contributed by atoms with Gasteiger partial charge in [-0.05, 0) is 18.9 Å². The lowest BCUT2D eigenvalue weighted by molar-refractivity contribution is -0.305. The summed E-state index contributed by atoms with van der Waals surface area (Å²) in [5.41, 5.74) is 0.896. The van der Waals surface area contributed by atoms with Crippen LogP contribution in [0.25, 0.3) is 11.1 Å². The summed E-state index contributed by atoms with van der Waals surface area (Å²) in [5, 5.41) is 1.63. The molecule has 0 aliphatic heterocycles. The van der Waals surface area contributed by atoms with Crippen LogP contribution in [0.2, 0.25) is 0 Å². The van der Waals surface area contributed by atoms with Crippen LogP contribution >= 0.6 is 11.3 Å². The Morgan fingerprint density at radius 3 is 2.21 bits per heavy atom. The number of halogens is 4. The molecule has 0 saturated heterocycles. The second kappa shape index (κ2) is 8.91. The Kier molecular flexibility index (Phi) is 7.02. The number of benzene rings is 1. The summed E-state index contributed by atoms with van der Waals surface area (Å²) in [6.07, 6.45) is -5.19. The molecule has 0 aliphatic rings. The largest absolute Gasteiger partial charge is 0.462 e. The van der Waals surface area contributed by atoms with E-state index in [-0.39, 0.29) is 17.2 Å². The van der Waals surface area contributed by atoms with Crippen molar-refractivity contribution in [2.24, 2.45) is 0 Å². The van der Waals surface area contributed by atoms with Crippen LogP contribution in [-0.2, 0) is 20.7 Å². The van der Waals surface area contributed by atoms with Gasteiger partial charge in [-0.15, -0.1) is 11.3 Å². The van der Waals surface area contributed by atoms with E-state index in [0.717, 1.165) is 11.3 Å². The van der Waals surface area contributed by atoms with Gasteiger partial charge in [0, 0.05) is 17.6 Å². The minimum Gasteiger partial charge on any atom is -0.462 e. The van der Waals surface area contributed by atoms with E-state index in [9.17, 15) is 27.2 Å². The summed E-state index contributed by atoms with van der Waals surface area (Å²) >= 11 is 0.878. The third-order valence-corrected chi connectivity index (χ3v) is 5.26. The summed E-state index contributed by atoms with van der Waals surface area (Å²) in [5.74, 6) is -7.49. The summed E-state index contributed by atoms with van der Waals surface area (Å²) in [4.78, 5) is 25.3. The smallest absolute Gasteiger partial charge is 0.458 e. The van der Waals surface area contributed by atoms with Crippen molar-refractivity contribution in [3.63, 3.8) is 0 Å². The van der Waals surface area contributed by atoms with Crippen molar-refractivity contribution in [1.82, 2.24) is 0 Å². The number of carbonyl (C=O) groups excluding carboxylic acids is 2. The molecule has 1 N–H and O–H groups in total. The molecule has 0 bridgehead atoms. The Bertz CT molecular complexity index is 882. The van der Waals surface area contributed by atoms with Gasteiger partial charge in [-0.3, -0.25) is 4.79 Å². The Morgan fingerprint density at radius 1 is 1.10 bits per heavy atom. The first-order valence-corrected chi connectivity index (χ1v) is 9.42. The van der Waals surface area contributed by atoms with Gasteiger partial charge in [-0.1, -0.05) is 37.3 Å². The highest BCUT2D eigenvalue weighted by Gasteiger charge is 2.63. The van der Waals surface area contributed by atoms with Gasteiger partial charge < -0.3 is 14.8 Å². The zero-order chi connectivity index (χ0) is 21.8. The maximum atomic E-state index is 14.2. The van der Waals surface area contributed by atoms with Gasteiger partial charge in [0.05, 0.1) is 6.61 Å². The summed E-state index contributed by atoms with van der Waals surface area (Å²) < 4.78 is 62.1. The lowest BCUT2D eigenvalue weighted by Gasteiger charge is -2.24. The number of nitrogens with one attached hydrogen (secondary N) is 1. The van der Waals surface area contributed by atoms with Gasteiger partial charge in [0.15, 0.2) is 0 Å². The number of hydrogen-bond acceptors (Lipinski definition) is 5. The van der Waals surface area contributed by atoms with Crippen LogP contribution in [0.4, 0.5) is 22.6 Å². The van der Waals surface area contributed by atoms with E-state index in [0.29, 0.717) is 29.5 Å². The van der Waals surface area contributed by atoms with E-state index >= 15 is 0 Å². The van der Waals surface area contributed by atoms with Crippen molar-refractivity contribution in [3.8, 4) is 11.1 Å². The summed E-state index contributed by atoms with van der Waals surface area (Å²) in [6, 6.07) is 8.62. The van der Waals surface area contributed by atoms with E-state index in [4.69, 9.17) is 4.74 Å². The molecule has 10 heteroatoms. The van der Waals surface area contributed by atoms with Crippen LogP contribution in [0, 0.1) is 0 Å². The first-order chi connectivity index (χ1) is 13.6. The molecule has 0 saturated carbocycles. The molecule has 0 aliphatic carbocycles. The minimum absolute atomic E-state index is 0.00538. The number of alkyl halides is 4. The van der Waals surface area contributed by atoms with Gasteiger partial charge >= 0.3 is 23.9 Å². The number of hydrogen-bond donors (Lipinski definition) is 1. The van der Waals surface area contributed by atoms with E-state index in [1.807, 2.05) is 5.32 Å². The molecular weight excluding hydrogens is 414 g/mol. The molecule has 158 valence electrons. The molecule has 1 aromatic heterocycles. The van der Waals surface area contributed by atoms with E-state index in [1.165, 1.54) is 0 Å². The molecular formula is C19H19F4NO4S. The predicted molar refractivity (Wildman–Crippen MR) is 101 cm³/mol. The van der Waals surface area contributed by atoms with Gasteiger partial charge in [-0.25, -0.2) is 4.79 Å². The van der Waals surface area contributed by atoms with E-state index < -0.39 is 23.9 Å². The lowest BCUT2D eigenvalue weighted by Crippen LogP contribution is -2.52. The van der Waals surface area contributed by atoms with Crippen LogP contribution in [0.15, 0.2) is 30.3 Å². The Hall–Kier alpha value is -2.46. The zero-order valence-corrected chi connectivity index (χ0v) is 16.7. The first-order valence-electron chi connectivity index (χ1n) is 8.61. The molecule has 1 aromatic carbocycles. The second-order valence-corrected chi connectivity index (χ2v) is 6.90. The number of anilines is 1. The van der Waals surface area contributed by atoms with Gasteiger partial charge in [0.2, 0.25) is 0 Å². The predicted octanol–water partition coefficient (Wildman–Crippen LogP) is 4.97. The van der Waals surface area contributed by atoms with Crippen LogP contribution in [0.1, 0.15) is 29.1 Å². The number of carbonyl (C=O) groups is 2. The zero-order valence-electron chi connectivity index (χ0n) is 15.9. The van der Waals surface area contributed by atoms with Crippen LogP contribution in [0.3, 0.4) is 0 Å². The fourth-order valence-corrected chi connectivity index (χ4v) is 3.79. The minimum atomic E-state index is -5.61. The highest BCUT2D eigenvalue weighted by Crippen LogP contribution is 2.43. The maximum absolute atomic E-state index is 14.2. The Labute approximate surface area is 168 Å². The van der Waals surface area contributed by atoms with E-state index in [1.54, 1.807) is 44.2 Å². The van der Waals surface area contributed by atoms with E-state index in [2.05, 4.69) is 4.74 Å². The van der Waals surface area contributed by atoms with Crippen molar-refractivity contribution in [2.75, 3.05) is 19.0 Å². The molecule has 29 heavy (non-hydrogen) atoms. The fourth-order valence-electron chi connectivity index (χ4n) is 2.64. The molecule has 2 rings (SSSR count). The SMILES string of the molecule is CCOC(=O)c1c(NC(=O)C(F)(OC)C(F)(F)F)sc(CC)c1-c1ccccc1. The monoisotopic (exact) mass is 433 g/mol. The van der Waals surface area contributed by atoms with Crippen molar-refractivity contribution in [1.29, 1.82) is 0 Å². The first kappa shape index (κ1) is 22.8. The molecule has 0 radical (unpaired) electrons. The topological polar surface area (TPSA) is 64.6 Å². The Morgan fingerprint density at radius 2 is 1.72 bits per heavy atom. The quantitative estimate of drug-likeness (QED) is 0.495. The summed E-state index contributed by atoms with van der Waals surface area (Å²) in [6.45, 7) is 3.35. The fraction of sp³-hybridized carbons (Fsp3) is 0.368. The highest BCUT2D eigenvalue weighted by molar-refractivity contribution is 7.17. The number of amides is 1. The van der Waals surface area contributed by atoms with Gasteiger partial charge in [0.25, 0.3) is 0 Å². The second-order valence-electron chi connectivity index (χ2n) is 5.80. The number of ether oxygens (including phenoxy) is 2. The van der Waals surface area contributed by atoms with Crippen LogP contribution in [0.5, 0.6) is 0 Å². The third-order valence-electron chi connectivity index (χ3n) is 4.01. The molecule has 1 atom stereocenters. The standard InChI is InChI=1S/C19H19F4NO4S/c1-4-12-13(11-9-7-6-8-10-11)14(16(25)28-5-2)15(29-12)24-17(26)18(20,27-3)19(21,22)23/h6-10H,4-5H2,1-3H3,(H,24,26). The number of thiophene rings is 1. The normalized spacial score (nSPS) is 13.6. The number of rotatable bonds is 7. The summed E-state index contributed by atoms with van der Waals surface area (Å²) in [7, 11) is 0.431. The molecule has 1 unspecified atom stereocenters. The average molecular weight is 433 g/mol. The molecule has 0 spiro atoms. The number of aryl methyl sites for hydroxylation is 1. The lowest BCUT2D eigenvalue weighted by atomic mass is 10.00. The number of methoxy groups -OCH3 is 1. The number of esters is 1. The molecule has 5 nitrogen and oxygen atoms in total. The molecule has 2 aromatic rings. The average Bonchev–Trinajstić information content (AvgIpc) is 3.05. The van der Waals surface area contributed by atoms with Crippen molar-refractivity contribution >= 4 is 28.2 Å². The van der Waals surface area contributed by atoms with Crippen molar-refractivity contribution < 1.29 is 36.6 Å². The van der Waals surface area contributed by atoms with Crippen molar-refractivity contribution in [2.45, 2.75) is 32.3 Å². The maximum Gasteiger partial charge on any atom is 0.458 e. The molecule has 0 fully saturated rings. The highest BCUT2D eigenvalue weighted by atomic mass is 32.1.